The first-order chi connectivity index (χ1) is 30.5. The average Bonchev–Trinajstić information content (AvgIpc) is 3.28. The smallest absolute Gasteiger partial charge is 0.249 e. The molecule has 5 N–H and O–H groups in total. The first-order valence-electron chi connectivity index (χ1n) is 27.4. The van der Waals surface area contributed by atoms with Crippen molar-refractivity contribution in [3.8, 4) is 0 Å². The molecule has 0 spiro atoms. The van der Waals surface area contributed by atoms with Crippen molar-refractivity contribution in [2.45, 2.75) is 308 Å². The molecule has 0 radical (unpaired) electrons. The van der Waals surface area contributed by atoms with E-state index in [2.05, 4.69) is 55.6 Å². The fourth-order valence-corrected chi connectivity index (χ4v) is 8.50. The van der Waals surface area contributed by atoms with Gasteiger partial charge in [-0.25, -0.2) is 0 Å². The molecule has 0 saturated carbocycles. The van der Waals surface area contributed by atoms with Crippen LogP contribution in [0.5, 0.6) is 0 Å². The summed E-state index contributed by atoms with van der Waals surface area (Å²) in [6, 6.07) is -1.01. The second kappa shape index (κ2) is 50.5. The molecule has 0 heterocycles. The van der Waals surface area contributed by atoms with Gasteiger partial charge in [-0.1, -0.05) is 256 Å². The number of carbonyl (C=O) groups excluding carboxylic acids is 1. The Bertz CT molecular complexity index is 981. The molecule has 1 amide bonds. The van der Waals surface area contributed by atoms with Gasteiger partial charge in [0, 0.05) is 0 Å². The van der Waals surface area contributed by atoms with Crippen molar-refractivity contribution in [2.24, 2.45) is 0 Å². The third-order valence-electron chi connectivity index (χ3n) is 12.8. The minimum Gasteiger partial charge on any atom is -0.394 e. The van der Waals surface area contributed by atoms with Crippen LogP contribution in [0.1, 0.15) is 284 Å². The van der Waals surface area contributed by atoms with Crippen LogP contribution >= 0.6 is 0 Å². The lowest BCUT2D eigenvalue weighted by molar-refractivity contribution is -0.132. The zero-order chi connectivity index (χ0) is 45.2. The maximum atomic E-state index is 12.6. The van der Waals surface area contributed by atoms with Gasteiger partial charge in [0.05, 0.1) is 18.8 Å². The number of nitrogens with one attached hydrogen (secondary N) is 1. The number of allylic oxidation sites excluding steroid dienone is 6. The molecule has 0 aliphatic carbocycles. The van der Waals surface area contributed by atoms with Crippen LogP contribution in [0.25, 0.3) is 0 Å². The normalized spacial score (nSPS) is 14.1. The summed E-state index contributed by atoms with van der Waals surface area (Å²) < 4.78 is 0. The molecular weight excluding hydrogens is 767 g/mol. The third kappa shape index (κ3) is 43.8. The molecule has 6 heteroatoms. The highest BCUT2D eigenvalue weighted by Gasteiger charge is 2.28. The fraction of sp³-hybridized carbons (Fsp3) is 0.875. The number of aliphatic hydroxyl groups excluding tert-OH is 4. The molecular formula is C56H107NO5. The quantitative estimate of drug-likeness (QED) is 0.0309. The van der Waals surface area contributed by atoms with Gasteiger partial charge in [0.15, 0.2) is 0 Å². The summed E-state index contributed by atoms with van der Waals surface area (Å²) in [6.45, 7) is 4.06. The molecule has 0 fully saturated rings. The van der Waals surface area contributed by atoms with Gasteiger partial charge in [-0.3, -0.25) is 4.79 Å². The zero-order valence-electron chi connectivity index (χ0n) is 41.4. The first-order valence-corrected chi connectivity index (χ1v) is 27.4. The number of carbonyl (C=O) groups is 1. The molecule has 4 atom stereocenters. The van der Waals surface area contributed by atoms with Gasteiger partial charge in [-0.05, 0) is 64.2 Å². The second-order valence-corrected chi connectivity index (χ2v) is 18.9. The molecule has 366 valence electrons. The van der Waals surface area contributed by atoms with Gasteiger partial charge in [0.2, 0.25) is 5.91 Å². The van der Waals surface area contributed by atoms with Crippen molar-refractivity contribution in [3.63, 3.8) is 0 Å². The maximum absolute atomic E-state index is 12.6. The molecule has 0 aliphatic rings. The molecule has 4 unspecified atom stereocenters. The standard InChI is InChI=1S/C56H107NO5/c1-3-5-7-9-11-13-15-17-19-21-23-24-25-26-27-28-29-30-31-32-34-35-37-39-41-43-45-47-49-53(59)55(61)52(51-58)57-56(62)54(60)50-48-46-44-42-40-38-36-33-22-20-18-16-14-12-10-8-6-4-2/h29-30,34-35,41,43,52-55,58-61H,3-28,31-33,36-40,42,44-51H2,1-2H3,(H,57,62)/b30-29+,35-34+,43-41+. The molecule has 0 aromatic heterocycles. The molecule has 6 nitrogen and oxygen atoms in total. The van der Waals surface area contributed by atoms with Crippen LogP contribution in [0.3, 0.4) is 0 Å². The third-order valence-corrected chi connectivity index (χ3v) is 12.8. The van der Waals surface area contributed by atoms with Crippen LogP contribution in [-0.2, 0) is 4.79 Å². The number of hydrogen-bond acceptors (Lipinski definition) is 5. The van der Waals surface area contributed by atoms with Crippen LogP contribution in [-0.4, -0.2) is 57.3 Å². The summed E-state index contributed by atoms with van der Waals surface area (Å²) in [6.07, 6.45) is 62.1. The number of aliphatic hydroxyl groups is 4. The van der Waals surface area contributed by atoms with Gasteiger partial charge in [0.25, 0.3) is 0 Å². The molecule has 62 heavy (non-hydrogen) atoms. The highest BCUT2D eigenvalue weighted by atomic mass is 16.3. The second-order valence-electron chi connectivity index (χ2n) is 18.9. The SMILES string of the molecule is CCCCCCCCCCCCCCCCC/C=C/CC/C=C/CC/C=C/CCCC(O)C(O)C(CO)NC(=O)C(O)CCCCCCCCCCCCCCCCCCCC. The Morgan fingerprint density at radius 2 is 0.677 bits per heavy atom. The van der Waals surface area contributed by atoms with E-state index in [4.69, 9.17) is 0 Å². The van der Waals surface area contributed by atoms with Crippen molar-refractivity contribution < 1.29 is 25.2 Å². The molecule has 0 aliphatic heterocycles. The van der Waals surface area contributed by atoms with E-state index in [-0.39, 0.29) is 0 Å². The van der Waals surface area contributed by atoms with E-state index in [0.29, 0.717) is 19.3 Å². The van der Waals surface area contributed by atoms with Crippen molar-refractivity contribution >= 4 is 5.91 Å². The van der Waals surface area contributed by atoms with Gasteiger partial charge in [0.1, 0.15) is 12.2 Å². The summed E-state index contributed by atoms with van der Waals surface area (Å²) in [5, 5.41) is 43.9. The van der Waals surface area contributed by atoms with Crippen LogP contribution in [0.4, 0.5) is 0 Å². The summed E-state index contributed by atoms with van der Waals surface area (Å²) in [5.41, 5.74) is 0. The van der Waals surface area contributed by atoms with Crippen LogP contribution in [0, 0.1) is 0 Å². The number of hydrogen-bond donors (Lipinski definition) is 5. The highest BCUT2D eigenvalue weighted by Crippen LogP contribution is 2.17. The summed E-state index contributed by atoms with van der Waals surface area (Å²) in [4.78, 5) is 12.6. The summed E-state index contributed by atoms with van der Waals surface area (Å²) in [7, 11) is 0. The van der Waals surface area contributed by atoms with Crippen LogP contribution in [0.15, 0.2) is 36.5 Å². The first kappa shape index (κ1) is 60.5. The Morgan fingerprint density at radius 3 is 1.02 bits per heavy atom. The van der Waals surface area contributed by atoms with E-state index in [1.807, 2.05) is 0 Å². The molecule has 0 rings (SSSR count). The minimum absolute atomic E-state index is 0.362. The zero-order valence-corrected chi connectivity index (χ0v) is 41.4. The molecule has 0 saturated heterocycles. The van der Waals surface area contributed by atoms with E-state index in [9.17, 15) is 25.2 Å². The van der Waals surface area contributed by atoms with Crippen LogP contribution in [0.2, 0.25) is 0 Å². The number of rotatable bonds is 50. The fourth-order valence-electron chi connectivity index (χ4n) is 8.50. The van der Waals surface area contributed by atoms with Crippen molar-refractivity contribution in [2.75, 3.05) is 6.61 Å². The van der Waals surface area contributed by atoms with Crippen molar-refractivity contribution in [1.29, 1.82) is 0 Å². The van der Waals surface area contributed by atoms with E-state index >= 15 is 0 Å². The van der Waals surface area contributed by atoms with E-state index < -0.39 is 36.9 Å². The highest BCUT2D eigenvalue weighted by molar-refractivity contribution is 5.80. The lowest BCUT2D eigenvalue weighted by Crippen LogP contribution is -2.53. The van der Waals surface area contributed by atoms with Gasteiger partial charge < -0.3 is 25.7 Å². The molecule has 0 aromatic rings. The van der Waals surface area contributed by atoms with Crippen molar-refractivity contribution in [1.82, 2.24) is 5.32 Å². The Morgan fingerprint density at radius 1 is 0.387 bits per heavy atom. The maximum Gasteiger partial charge on any atom is 0.249 e. The Hall–Kier alpha value is -1.47. The lowest BCUT2D eigenvalue weighted by atomic mass is 10.00. The molecule has 0 bridgehead atoms. The van der Waals surface area contributed by atoms with Crippen molar-refractivity contribution in [3.05, 3.63) is 36.5 Å². The van der Waals surface area contributed by atoms with E-state index in [0.717, 1.165) is 51.4 Å². The predicted octanol–water partition coefficient (Wildman–Crippen LogP) is 15.6. The Balaban J connectivity index is 3.71. The topological polar surface area (TPSA) is 110 Å². The van der Waals surface area contributed by atoms with Gasteiger partial charge >= 0.3 is 0 Å². The minimum atomic E-state index is -1.29. The van der Waals surface area contributed by atoms with E-state index in [1.54, 1.807) is 0 Å². The summed E-state index contributed by atoms with van der Waals surface area (Å²) in [5.74, 6) is -0.596. The van der Waals surface area contributed by atoms with Gasteiger partial charge in [-0.2, -0.15) is 0 Å². The van der Waals surface area contributed by atoms with E-state index in [1.165, 1.54) is 199 Å². The number of amides is 1. The largest absolute Gasteiger partial charge is 0.394 e. The predicted molar refractivity (Wildman–Crippen MR) is 270 cm³/mol. The number of unbranched alkanes of at least 4 members (excludes halogenated alkanes) is 35. The Labute approximate surface area is 386 Å². The summed E-state index contributed by atoms with van der Waals surface area (Å²) >= 11 is 0. The average molecular weight is 874 g/mol. The molecule has 0 aromatic carbocycles. The lowest BCUT2D eigenvalue weighted by Gasteiger charge is -2.27. The Kier molecular flexibility index (Phi) is 49.3. The van der Waals surface area contributed by atoms with Gasteiger partial charge in [-0.15, -0.1) is 0 Å². The monoisotopic (exact) mass is 874 g/mol. The van der Waals surface area contributed by atoms with Crippen LogP contribution < -0.4 is 5.32 Å².